The van der Waals surface area contributed by atoms with Crippen LogP contribution < -0.4 is 10.1 Å². The Morgan fingerprint density at radius 1 is 1.30 bits per heavy atom. The normalized spacial score (nSPS) is 11.9. The molecule has 0 unspecified atom stereocenters. The Hall–Kier alpha value is -3.26. The molecule has 0 bridgehead atoms. The second-order valence-corrected chi connectivity index (χ2v) is 5.95. The number of hydrogen-bond donors (Lipinski definition) is 2. The number of carbonyl (C=O) groups is 1. The van der Waals surface area contributed by atoms with E-state index in [1.165, 1.54) is 30.1 Å². The molecule has 3 aromatic rings. The summed E-state index contributed by atoms with van der Waals surface area (Å²) < 4.78 is 20.2. The van der Waals surface area contributed by atoms with Crippen LogP contribution in [0.2, 0.25) is 0 Å². The first-order valence-corrected chi connectivity index (χ1v) is 8.27. The van der Waals surface area contributed by atoms with Crippen molar-refractivity contribution in [2.24, 2.45) is 0 Å². The lowest BCUT2D eigenvalue weighted by Gasteiger charge is -2.14. The van der Waals surface area contributed by atoms with Crippen LogP contribution in [-0.2, 0) is 6.54 Å². The molecule has 1 heterocycles. The minimum absolute atomic E-state index is 0.0610. The number of nitrogens with one attached hydrogen (secondary N) is 1. The minimum atomic E-state index is -0.885. The van der Waals surface area contributed by atoms with Gasteiger partial charge in [-0.15, -0.1) is 5.10 Å². The van der Waals surface area contributed by atoms with E-state index in [1.54, 1.807) is 37.3 Å². The number of aliphatic hydroxyl groups excluding tert-OH is 1. The van der Waals surface area contributed by atoms with Crippen molar-refractivity contribution in [3.05, 3.63) is 71.3 Å². The summed E-state index contributed by atoms with van der Waals surface area (Å²) in [7, 11) is 1.53. The van der Waals surface area contributed by atoms with Gasteiger partial charge in [-0.1, -0.05) is 29.5 Å². The second-order valence-electron chi connectivity index (χ2n) is 5.95. The highest BCUT2D eigenvalue weighted by Gasteiger charge is 2.17. The van der Waals surface area contributed by atoms with E-state index in [9.17, 15) is 14.3 Å². The van der Waals surface area contributed by atoms with Crippen LogP contribution >= 0.6 is 0 Å². The molecular formula is C19H19FN4O3. The van der Waals surface area contributed by atoms with Gasteiger partial charge in [0.25, 0.3) is 5.91 Å². The zero-order valence-electron chi connectivity index (χ0n) is 14.9. The fourth-order valence-electron chi connectivity index (χ4n) is 2.64. The molecule has 140 valence electrons. The summed E-state index contributed by atoms with van der Waals surface area (Å²) in [4.78, 5) is 12.3. The van der Waals surface area contributed by atoms with Gasteiger partial charge in [0, 0.05) is 16.8 Å². The molecule has 0 aliphatic rings. The van der Waals surface area contributed by atoms with Crippen LogP contribution in [0.3, 0.4) is 0 Å². The third-order valence-corrected chi connectivity index (χ3v) is 4.15. The van der Waals surface area contributed by atoms with Gasteiger partial charge in [0.1, 0.15) is 17.7 Å². The smallest absolute Gasteiger partial charge is 0.277 e. The standard InChI is InChI=1S/C19H19FN4O3/c1-12-14(20)7-5-8-15(12)21-19(26)16-10-24(23-22-16)11-17(25)13-6-3-4-9-18(13)27-2/h3-10,17,25H,11H2,1-2H3,(H,21,26)/t17-/m1/s1. The monoisotopic (exact) mass is 370 g/mol. The summed E-state index contributed by atoms with van der Waals surface area (Å²) in [5.74, 6) is -0.359. The van der Waals surface area contributed by atoms with E-state index in [0.29, 0.717) is 22.6 Å². The van der Waals surface area contributed by atoms with Crippen molar-refractivity contribution in [3.63, 3.8) is 0 Å². The number of aliphatic hydroxyl groups is 1. The number of aromatic nitrogens is 3. The molecule has 2 N–H and O–H groups in total. The Balaban J connectivity index is 1.71. The van der Waals surface area contributed by atoms with E-state index < -0.39 is 17.8 Å². The minimum Gasteiger partial charge on any atom is -0.496 e. The van der Waals surface area contributed by atoms with Gasteiger partial charge in [-0.3, -0.25) is 4.79 Å². The predicted molar refractivity (Wildman–Crippen MR) is 97.1 cm³/mol. The lowest BCUT2D eigenvalue weighted by atomic mass is 10.1. The summed E-state index contributed by atoms with van der Waals surface area (Å²) >= 11 is 0. The summed E-state index contributed by atoms with van der Waals surface area (Å²) in [5, 5.41) is 20.7. The molecule has 3 rings (SSSR count). The third kappa shape index (κ3) is 4.12. The van der Waals surface area contributed by atoms with E-state index in [2.05, 4.69) is 15.6 Å². The first-order valence-electron chi connectivity index (χ1n) is 8.27. The molecule has 1 amide bonds. The number of anilines is 1. The van der Waals surface area contributed by atoms with Crippen molar-refractivity contribution in [3.8, 4) is 5.75 Å². The van der Waals surface area contributed by atoms with Gasteiger partial charge in [0.15, 0.2) is 5.69 Å². The second kappa shape index (κ2) is 7.96. The summed E-state index contributed by atoms with van der Waals surface area (Å²) in [5.41, 5.74) is 1.37. The van der Waals surface area contributed by atoms with Crippen molar-refractivity contribution in [2.75, 3.05) is 12.4 Å². The van der Waals surface area contributed by atoms with Crippen LogP contribution in [0.5, 0.6) is 5.75 Å². The number of benzene rings is 2. The number of ether oxygens (including phenoxy) is 1. The lowest BCUT2D eigenvalue weighted by Crippen LogP contribution is -2.14. The predicted octanol–water partition coefficient (Wildman–Crippen LogP) is 2.72. The van der Waals surface area contributed by atoms with Gasteiger partial charge in [0.05, 0.1) is 19.9 Å². The Kier molecular flexibility index (Phi) is 5.46. The van der Waals surface area contributed by atoms with Gasteiger partial charge < -0.3 is 15.2 Å². The number of amides is 1. The first-order chi connectivity index (χ1) is 13.0. The molecule has 0 radical (unpaired) electrons. The molecule has 0 aliphatic heterocycles. The van der Waals surface area contributed by atoms with Gasteiger partial charge >= 0.3 is 0 Å². The highest BCUT2D eigenvalue weighted by Crippen LogP contribution is 2.25. The van der Waals surface area contributed by atoms with E-state index in [1.807, 2.05) is 0 Å². The average molecular weight is 370 g/mol. The van der Waals surface area contributed by atoms with Crippen LogP contribution in [0, 0.1) is 12.7 Å². The SMILES string of the molecule is COc1ccccc1[C@H](O)Cn1cc(C(=O)Nc2cccc(F)c2C)nn1. The van der Waals surface area contributed by atoms with Gasteiger partial charge in [-0.25, -0.2) is 9.07 Å². The molecule has 0 aliphatic carbocycles. The molecular weight excluding hydrogens is 351 g/mol. The molecule has 0 saturated carbocycles. The van der Waals surface area contributed by atoms with E-state index in [0.717, 1.165) is 0 Å². The Morgan fingerprint density at radius 3 is 2.85 bits per heavy atom. The van der Waals surface area contributed by atoms with Gasteiger partial charge in [-0.05, 0) is 25.1 Å². The summed E-state index contributed by atoms with van der Waals surface area (Å²) in [6.45, 7) is 1.67. The highest BCUT2D eigenvalue weighted by atomic mass is 19.1. The Bertz CT molecular complexity index is 958. The first kappa shape index (κ1) is 18.5. The van der Waals surface area contributed by atoms with E-state index >= 15 is 0 Å². The van der Waals surface area contributed by atoms with Crippen LogP contribution in [0.15, 0.2) is 48.7 Å². The third-order valence-electron chi connectivity index (χ3n) is 4.15. The number of rotatable bonds is 6. The Labute approximate surface area is 155 Å². The number of para-hydroxylation sites is 1. The fourth-order valence-corrected chi connectivity index (χ4v) is 2.64. The van der Waals surface area contributed by atoms with Gasteiger partial charge in [-0.2, -0.15) is 0 Å². The van der Waals surface area contributed by atoms with E-state index in [-0.39, 0.29) is 12.2 Å². The topological polar surface area (TPSA) is 89.3 Å². The number of halogens is 1. The number of methoxy groups -OCH3 is 1. The fraction of sp³-hybridized carbons (Fsp3) is 0.211. The maximum absolute atomic E-state index is 13.6. The molecule has 1 atom stereocenters. The zero-order chi connectivity index (χ0) is 19.4. The van der Waals surface area contributed by atoms with Crippen LogP contribution in [0.1, 0.15) is 27.7 Å². The van der Waals surface area contributed by atoms with Crippen molar-refractivity contribution in [1.29, 1.82) is 0 Å². The van der Waals surface area contributed by atoms with Gasteiger partial charge in [0.2, 0.25) is 0 Å². The molecule has 2 aromatic carbocycles. The largest absolute Gasteiger partial charge is 0.496 e. The average Bonchev–Trinajstić information content (AvgIpc) is 3.14. The van der Waals surface area contributed by atoms with Crippen LogP contribution in [0.25, 0.3) is 0 Å². The molecule has 0 saturated heterocycles. The number of carbonyl (C=O) groups excluding carboxylic acids is 1. The zero-order valence-corrected chi connectivity index (χ0v) is 14.9. The maximum atomic E-state index is 13.6. The summed E-state index contributed by atoms with van der Waals surface area (Å²) in [6, 6.07) is 11.5. The molecule has 8 heteroatoms. The Morgan fingerprint density at radius 2 is 2.07 bits per heavy atom. The molecule has 7 nitrogen and oxygen atoms in total. The van der Waals surface area contributed by atoms with E-state index in [4.69, 9.17) is 4.74 Å². The van der Waals surface area contributed by atoms with Crippen molar-refractivity contribution < 1.29 is 19.0 Å². The van der Waals surface area contributed by atoms with Crippen molar-refractivity contribution in [2.45, 2.75) is 19.6 Å². The van der Waals surface area contributed by atoms with Crippen molar-refractivity contribution in [1.82, 2.24) is 15.0 Å². The number of hydrogen-bond acceptors (Lipinski definition) is 5. The molecule has 0 fully saturated rings. The molecule has 0 spiro atoms. The maximum Gasteiger partial charge on any atom is 0.277 e. The summed E-state index contributed by atoms with van der Waals surface area (Å²) in [6.07, 6.45) is 0.534. The van der Waals surface area contributed by atoms with Crippen LogP contribution in [0.4, 0.5) is 10.1 Å². The number of nitrogens with zero attached hydrogens (tertiary/aromatic N) is 3. The molecule has 27 heavy (non-hydrogen) atoms. The van der Waals surface area contributed by atoms with Crippen molar-refractivity contribution >= 4 is 11.6 Å². The van der Waals surface area contributed by atoms with Crippen LogP contribution in [-0.4, -0.2) is 33.1 Å². The molecule has 1 aromatic heterocycles. The highest BCUT2D eigenvalue weighted by molar-refractivity contribution is 6.03. The lowest BCUT2D eigenvalue weighted by molar-refractivity contribution is 0.102. The quantitative estimate of drug-likeness (QED) is 0.696.